The Balaban J connectivity index is 2.07. The quantitative estimate of drug-likeness (QED) is 0.697. The van der Waals surface area contributed by atoms with Crippen molar-refractivity contribution in [2.24, 2.45) is 5.92 Å². The summed E-state index contributed by atoms with van der Waals surface area (Å²) in [5, 5.41) is 16.4. The predicted molar refractivity (Wildman–Crippen MR) is 67.0 cm³/mol. The number of hydrogen-bond donors (Lipinski definition) is 3. The second-order valence-corrected chi connectivity index (χ2v) is 5.61. The minimum absolute atomic E-state index is 0.149. The molecule has 17 heavy (non-hydrogen) atoms. The molecule has 0 bridgehead atoms. The molecule has 4 nitrogen and oxygen atoms in total. The fourth-order valence-electron chi connectivity index (χ4n) is 3.23. The fraction of sp³-hybridized carbons (Fsp3) is 0.923. The highest BCUT2D eigenvalue weighted by Crippen LogP contribution is 2.28. The molecule has 0 amide bonds. The van der Waals surface area contributed by atoms with Crippen LogP contribution in [-0.4, -0.2) is 35.7 Å². The van der Waals surface area contributed by atoms with Crippen LogP contribution in [0, 0.1) is 5.92 Å². The van der Waals surface area contributed by atoms with Crippen molar-refractivity contribution in [3.63, 3.8) is 0 Å². The maximum Gasteiger partial charge on any atom is 0.324 e. The molecule has 2 fully saturated rings. The number of carboxylic acid groups (broad SMARTS) is 1. The zero-order valence-corrected chi connectivity index (χ0v) is 10.7. The first-order chi connectivity index (χ1) is 8.15. The summed E-state index contributed by atoms with van der Waals surface area (Å²) in [4.78, 5) is 11.7. The van der Waals surface area contributed by atoms with Crippen molar-refractivity contribution in [3.05, 3.63) is 0 Å². The summed E-state index contributed by atoms with van der Waals surface area (Å²) in [6, 6.07) is 0.403. The molecule has 2 rings (SSSR count). The second-order valence-electron chi connectivity index (χ2n) is 5.61. The van der Waals surface area contributed by atoms with E-state index in [4.69, 9.17) is 0 Å². The van der Waals surface area contributed by atoms with Gasteiger partial charge in [-0.15, -0.1) is 0 Å². The normalized spacial score (nSPS) is 35.7. The van der Waals surface area contributed by atoms with Gasteiger partial charge in [0.05, 0.1) is 0 Å². The average molecular weight is 240 g/mol. The zero-order valence-electron chi connectivity index (χ0n) is 10.7. The van der Waals surface area contributed by atoms with Gasteiger partial charge in [-0.3, -0.25) is 10.1 Å². The van der Waals surface area contributed by atoms with Gasteiger partial charge in [-0.25, -0.2) is 0 Å². The number of hydrogen-bond acceptors (Lipinski definition) is 3. The minimum atomic E-state index is -0.701. The van der Waals surface area contributed by atoms with Gasteiger partial charge in [0.25, 0.3) is 0 Å². The molecule has 1 saturated heterocycles. The summed E-state index contributed by atoms with van der Waals surface area (Å²) in [6.07, 6.45) is 6.74. The van der Waals surface area contributed by atoms with Gasteiger partial charge in [-0.1, -0.05) is 26.2 Å². The Morgan fingerprint density at radius 3 is 2.65 bits per heavy atom. The number of nitrogens with one attached hydrogen (secondary N) is 2. The van der Waals surface area contributed by atoms with Crippen molar-refractivity contribution in [2.75, 3.05) is 13.1 Å². The van der Waals surface area contributed by atoms with Gasteiger partial charge >= 0.3 is 5.97 Å². The third kappa shape index (κ3) is 2.63. The van der Waals surface area contributed by atoms with Gasteiger partial charge in [0, 0.05) is 12.6 Å². The third-order valence-corrected chi connectivity index (χ3v) is 4.44. The van der Waals surface area contributed by atoms with E-state index in [1.54, 1.807) is 0 Å². The molecular formula is C13H24N2O2. The van der Waals surface area contributed by atoms with Gasteiger partial charge < -0.3 is 10.4 Å². The van der Waals surface area contributed by atoms with E-state index in [9.17, 15) is 9.90 Å². The molecule has 2 unspecified atom stereocenters. The Hall–Kier alpha value is -0.610. The SMILES string of the molecule is CC1CNCCC1(NC1CCCCC1)C(=O)O. The van der Waals surface area contributed by atoms with E-state index in [1.165, 1.54) is 19.3 Å². The largest absolute Gasteiger partial charge is 0.480 e. The maximum absolute atomic E-state index is 11.7. The third-order valence-electron chi connectivity index (χ3n) is 4.44. The van der Waals surface area contributed by atoms with Gasteiger partial charge in [0.2, 0.25) is 0 Å². The summed E-state index contributed by atoms with van der Waals surface area (Å²) in [5.74, 6) is -0.521. The molecule has 0 aromatic carbocycles. The molecular weight excluding hydrogens is 216 g/mol. The van der Waals surface area contributed by atoms with E-state index >= 15 is 0 Å². The van der Waals surface area contributed by atoms with Gasteiger partial charge in [0.15, 0.2) is 0 Å². The van der Waals surface area contributed by atoms with Crippen molar-refractivity contribution in [2.45, 2.75) is 57.0 Å². The lowest BCUT2D eigenvalue weighted by atomic mass is 9.78. The first kappa shape index (κ1) is 12.8. The van der Waals surface area contributed by atoms with E-state index in [-0.39, 0.29) is 5.92 Å². The standard InChI is InChI=1S/C13H24N2O2/c1-10-9-14-8-7-13(10,12(16)17)15-11-5-3-2-4-6-11/h10-11,14-15H,2-9H2,1H3,(H,16,17). The number of aliphatic carboxylic acids is 1. The summed E-state index contributed by atoms with van der Waals surface area (Å²) in [5.41, 5.74) is -0.701. The molecule has 1 aliphatic heterocycles. The first-order valence-corrected chi connectivity index (χ1v) is 6.87. The van der Waals surface area contributed by atoms with Crippen LogP contribution in [0.4, 0.5) is 0 Å². The molecule has 98 valence electrons. The Kier molecular flexibility index (Phi) is 4.05. The average Bonchev–Trinajstić information content (AvgIpc) is 2.33. The fourth-order valence-corrected chi connectivity index (χ4v) is 3.23. The molecule has 1 saturated carbocycles. The number of rotatable bonds is 3. The molecule has 4 heteroatoms. The van der Waals surface area contributed by atoms with E-state index in [0.717, 1.165) is 25.9 Å². The van der Waals surface area contributed by atoms with Crippen molar-refractivity contribution in [1.29, 1.82) is 0 Å². The Bertz CT molecular complexity index is 277. The van der Waals surface area contributed by atoms with Crippen LogP contribution in [0.2, 0.25) is 0 Å². The van der Waals surface area contributed by atoms with Crippen LogP contribution in [0.15, 0.2) is 0 Å². The van der Waals surface area contributed by atoms with Gasteiger partial charge in [0.1, 0.15) is 5.54 Å². The van der Waals surface area contributed by atoms with Gasteiger partial charge in [-0.2, -0.15) is 0 Å². The van der Waals surface area contributed by atoms with E-state index in [1.807, 2.05) is 6.92 Å². The molecule has 2 aliphatic rings. The smallest absolute Gasteiger partial charge is 0.324 e. The summed E-state index contributed by atoms with van der Waals surface area (Å²) in [6.45, 7) is 3.64. The Morgan fingerprint density at radius 1 is 1.35 bits per heavy atom. The number of carbonyl (C=O) groups is 1. The minimum Gasteiger partial charge on any atom is -0.480 e. The summed E-state index contributed by atoms with van der Waals surface area (Å²) in [7, 11) is 0. The van der Waals surface area contributed by atoms with Crippen molar-refractivity contribution < 1.29 is 9.90 Å². The number of carboxylic acids is 1. The van der Waals surface area contributed by atoms with Crippen LogP contribution < -0.4 is 10.6 Å². The highest BCUT2D eigenvalue weighted by atomic mass is 16.4. The van der Waals surface area contributed by atoms with E-state index in [2.05, 4.69) is 10.6 Å². The van der Waals surface area contributed by atoms with Crippen LogP contribution in [0.3, 0.4) is 0 Å². The van der Waals surface area contributed by atoms with Crippen molar-refractivity contribution in [1.82, 2.24) is 10.6 Å². The maximum atomic E-state index is 11.7. The molecule has 2 atom stereocenters. The lowest BCUT2D eigenvalue weighted by Gasteiger charge is -2.43. The highest BCUT2D eigenvalue weighted by Gasteiger charge is 2.46. The summed E-state index contributed by atoms with van der Waals surface area (Å²) < 4.78 is 0. The molecule has 0 spiro atoms. The lowest BCUT2D eigenvalue weighted by Crippen LogP contribution is -2.65. The van der Waals surface area contributed by atoms with Crippen LogP contribution in [0.1, 0.15) is 45.4 Å². The van der Waals surface area contributed by atoms with Crippen molar-refractivity contribution >= 4 is 5.97 Å². The van der Waals surface area contributed by atoms with Gasteiger partial charge in [-0.05, 0) is 31.7 Å². The lowest BCUT2D eigenvalue weighted by molar-refractivity contribution is -0.149. The monoisotopic (exact) mass is 240 g/mol. The molecule has 1 heterocycles. The highest BCUT2D eigenvalue weighted by molar-refractivity contribution is 5.79. The second kappa shape index (κ2) is 5.36. The summed E-state index contributed by atoms with van der Waals surface area (Å²) >= 11 is 0. The van der Waals surface area contributed by atoms with Crippen LogP contribution in [0.5, 0.6) is 0 Å². The Labute approximate surface area is 103 Å². The molecule has 1 aliphatic carbocycles. The zero-order chi connectivity index (χ0) is 12.3. The molecule has 0 aromatic heterocycles. The van der Waals surface area contributed by atoms with Crippen LogP contribution in [0.25, 0.3) is 0 Å². The molecule has 0 radical (unpaired) electrons. The van der Waals surface area contributed by atoms with E-state index in [0.29, 0.717) is 12.5 Å². The number of piperidine rings is 1. The Morgan fingerprint density at radius 2 is 2.06 bits per heavy atom. The van der Waals surface area contributed by atoms with E-state index < -0.39 is 11.5 Å². The topological polar surface area (TPSA) is 61.4 Å². The molecule has 3 N–H and O–H groups in total. The first-order valence-electron chi connectivity index (χ1n) is 6.87. The van der Waals surface area contributed by atoms with Crippen molar-refractivity contribution in [3.8, 4) is 0 Å². The van der Waals surface area contributed by atoms with Crippen LogP contribution >= 0.6 is 0 Å². The van der Waals surface area contributed by atoms with Crippen LogP contribution in [-0.2, 0) is 4.79 Å². The predicted octanol–water partition coefficient (Wildman–Crippen LogP) is 1.36. The molecule has 0 aromatic rings.